The van der Waals surface area contributed by atoms with Crippen molar-refractivity contribution in [3.63, 3.8) is 0 Å². The summed E-state index contributed by atoms with van der Waals surface area (Å²) in [6.45, 7) is 4.22. The molecule has 0 saturated heterocycles. The van der Waals surface area contributed by atoms with E-state index in [0.29, 0.717) is 11.1 Å². The number of amides is 3. The lowest BCUT2D eigenvalue weighted by molar-refractivity contribution is -0.139. The second-order valence-corrected chi connectivity index (χ2v) is 6.28. The standard InChI is InChI=1S/C18H23N3O7/c1-9-4-12(5-10(2)16(9)26)18(28)20-11(3)17(27)19-7-14(23)21-13(8-22)6-15(24)25/h4-5,8,11,13,26H,6-7H2,1-3H3,(H,19,27)(H,20,28)(H,21,23)(H,24,25)/t11-,13-/m0/s1. The first kappa shape index (κ1) is 22.6. The van der Waals surface area contributed by atoms with E-state index in [-0.39, 0.29) is 17.6 Å². The van der Waals surface area contributed by atoms with E-state index in [9.17, 15) is 29.1 Å². The van der Waals surface area contributed by atoms with Gasteiger partial charge in [-0.1, -0.05) is 0 Å². The minimum absolute atomic E-state index is 0.0879. The minimum atomic E-state index is -1.25. The fourth-order valence-electron chi connectivity index (χ4n) is 2.33. The molecule has 0 aliphatic rings. The number of carboxylic acid groups (broad SMARTS) is 1. The zero-order valence-electron chi connectivity index (χ0n) is 15.7. The number of nitrogens with one attached hydrogen (secondary N) is 3. The van der Waals surface area contributed by atoms with Gasteiger partial charge in [0.05, 0.1) is 19.0 Å². The number of phenolic OH excluding ortho intramolecular Hbond substituents is 1. The smallest absolute Gasteiger partial charge is 0.305 e. The topological polar surface area (TPSA) is 162 Å². The van der Waals surface area contributed by atoms with Crippen molar-refractivity contribution in [2.75, 3.05) is 6.54 Å². The van der Waals surface area contributed by atoms with Crippen LogP contribution in [0.1, 0.15) is 34.8 Å². The minimum Gasteiger partial charge on any atom is -0.507 e. The van der Waals surface area contributed by atoms with Gasteiger partial charge in [-0.3, -0.25) is 19.2 Å². The number of aryl methyl sites for hydroxylation is 2. The second-order valence-electron chi connectivity index (χ2n) is 6.28. The maximum Gasteiger partial charge on any atom is 0.305 e. The van der Waals surface area contributed by atoms with Crippen molar-refractivity contribution in [2.45, 2.75) is 39.3 Å². The Morgan fingerprint density at radius 3 is 2.18 bits per heavy atom. The van der Waals surface area contributed by atoms with Crippen LogP contribution in [0.25, 0.3) is 0 Å². The molecule has 0 radical (unpaired) electrons. The Kier molecular flexibility index (Phi) is 8.11. The molecule has 10 heteroatoms. The largest absolute Gasteiger partial charge is 0.507 e. The van der Waals surface area contributed by atoms with Crippen LogP contribution in [0.15, 0.2) is 12.1 Å². The molecule has 0 unspecified atom stereocenters. The maximum absolute atomic E-state index is 12.3. The van der Waals surface area contributed by atoms with E-state index >= 15 is 0 Å². The SMILES string of the molecule is Cc1cc(C(=O)N[C@@H](C)C(=O)NCC(=O)N[C@H](C=O)CC(=O)O)cc(C)c1O. The van der Waals surface area contributed by atoms with E-state index in [2.05, 4.69) is 16.0 Å². The van der Waals surface area contributed by atoms with Crippen molar-refractivity contribution >= 4 is 30.0 Å². The number of aliphatic carboxylic acids is 1. The first-order valence-electron chi connectivity index (χ1n) is 8.40. The Bertz CT molecular complexity index is 768. The summed E-state index contributed by atoms with van der Waals surface area (Å²) in [7, 11) is 0. The summed E-state index contributed by atoms with van der Waals surface area (Å²) in [4.78, 5) is 57.2. The summed E-state index contributed by atoms with van der Waals surface area (Å²) < 4.78 is 0. The number of benzene rings is 1. The Hall–Kier alpha value is -3.43. The lowest BCUT2D eigenvalue weighted by Gasteiger charge is -2.16. The Labute approximate surface area is 161 Å². The molecule has 152 valence electrons. The van der Waals surface area contributed by atoms with Crippen molar-refractivity contribution in [1.82, 2.24) is 16.0 Å². The highest BCUT2D eigenvalue weighted by Gasteiger charge is 2.20. The second kappa shape index (κ2) is 10.0. The predicted molar refractivity (Wildman–Crippen MR) is 97.8 cm³/mol. The van der Waals surface area contributed by atoms with Crippen LogP contribution < -0.4 is 16.0 Å². The number of carbonyl (C=O) groups is 5. The van der Waals surface area contributed by atoms with Gasteiger partial charge in [0.1, 0.15) is 18.1 Å². The van der Waals surface area contributed by atoms with Crippen LogP contribution in [0, 0.1) is 13.8 Å². The zero-order chi connectivity index (χ0) is 21.4. The van der Waals surface area contributed by atoms with Gasteiger partial charge in [0.15, 0.2) is 0 Å². The van der Waals surface area contributed by atoms with Crippen LogP contribution in [0.5, 0.6) is 5.75 Å². The molecule has 0 spiro atoms. The fraction of sp³-hybridized carbons (Fsp3) is 0.389. The molecule has 5 N–H and O–H groups in total. The highest BCUT2D eigenvalue weighted by Crippen LogP contribution is 2.22. The third-order valence-electron chi connectivity index (χ3n) is 3.82. The number of aldehydes is 1. The van der Waals surface area contributed by atoms with E-state index < -0.39 is 48.7 Å². The highest BCUT2D eigenvalue weighted by atomic mass is 16.4. The van der Waals surface area contributed by atoms with Crippen LogP contribution in [0.4, 0.5) is 0 Å². The predicted octanol–water partition coefficient (Wildman–Crippen LogP) is -0.598. The van der Waals surface area contributed by atoms with E-state index in [1.807, 2.05) is 0 Å². The monoisotopic (exact) mass is 393 g/mol. The molecule has 0 aliphatic carbocycles. The van der Waals surface area contributed by atoms with Crippen LogP contribution in [-0.2, 0) is 19.2 Å². The third-order valence-corrected chi connectivity index (χ3v) is 3.82. The van der Waals surface area contributed by atoms with E-state index in [1.165, 1.54) is 19.1 Å². The van der Waals surface area contributed by atoms with E-state index in [1.54, 1.807) is 13.8 Å². The maximum atomic E-state index is 12.3. The third kappa shape index (κ3) is 6.71. The van der Waals surface area contributed by atoms with Gasteiger partial charge in [-0.15, -0.1) is 0 Å². The highest BCUT2D eigenvalue weighted by molar-refractivity contribution is 5.98. The van der Waals surface area contributed by atoms with Gasteiger partial charge in [-0.2, -0.15) is 0 Å². The molecule has 1 rings (SSSR count). The number of rotatable bonds is 9. The molecule has 0 aromatic heterocycles. The normalized spacial score (nSPS) is 12.4. The summed E-state index contributed by atoms with van der Waals surface area (Å²) in [6.07, 6.45) is -0.278. The summed E-state index contributed by atoms with van der Waals surface area (Å²) >= 11 is 0. The van der Waals surface area contributed by atoms with Gasteiger partial charge >= 0.3 is 5.97 Å². The Morgan fingerprint density at radius 2 is 1.68 bits per heavy atom. The van der Waals surface area contributed by atoms with Crippen molar-refractivity contribution < 1.29 is 34.2 Å². The van der Waals surface area contributed by atoms with Gasteiger partial charge in [-0.05, 0) is 44.0 Å². The van der Waals surface area contributed by atoms with Gasteiger partial charge in [0.2, 0.25) is 11.8 Å². The zero-order valence-corrected chi connectivity index (χ0v) is 15.7. The molecule has 0 heterocycles. The van der Waals surface area contributed by atoms with Crippen LogP contribution in [-0.4, -0.2) is 58.8 Å². The average molecular weight is 393 g/mol. The number of hydrogen-bond acceptors (Lipinski definition) is 6. The molecular formula is C18H23N3O7. The lowest BCUT2D eigenvalue weighted by Crippen LogP contribution is -2.49. The first-order chi connectivity index (χ1) is 13.0. The molecule has 28 heavy (non-hydrogen) atoms. The summed E-state index contributed by atoms with van der Waals surface area (Å²) in [6, 6.07) is 0.811. The van der Waals surface area contributed by atoms with Crippen molar-refractivity contribution in [3.05, 3.63) is 28.8 Å². The molecule has 0 saturated carbocycles. The molecule has 10 nitrogen and oxygen atoms in total. The molecule has 0 fully saturated rings. The van der Waals surface area contributed by atoms with Gasteiger partial charge in [0.25, 0.3) is 5.91 Å². The van der Waals surface area contributed by atoms with E-state index in [0.717, 1.165) is 0 Å². The quantitative estimate of drug-likeness (QED) is 0.350. The molecule has 1 aromatic carbocycles. The summed E-state index contributed by atoms with van der Waals surface area (Å²) in [5.41, 5.74) is 1.31. The van der Waals surface area contributed by atoms with Crippen molar-refractivity contribution in [1.29, 1.82) is 0 Å². The number of aromatic hydroxyl groups is 1. The molecular weight excluding hydrogens is 370 g/mol. The van der Waals surface area contributed by atoms with Gasteiger partial charge in [-0.25, -0.2) is 0 Å². The first-order valence-corrected chi connectivity index (χ1v) is 8.40. The summed E-state index contributed by atoms with van der Waals surface area (Å²) in [5.74, 6) is -3.07. The van der Waals surface area contributed by atoms with Gasteiger partial charge < -0.3 is 31.0 Å². The van der Waals surface area contributed by atoms with Crippen LogP contribution >= 0.6 is 0 Å². The molecule has 2 atom stereocenters. The average Bonchev–Trinajstić information content (AvgIpc) is 2.62. The molecule has 3 amide bonds. The van der Waals surface area contributed by atoms with Crippen molar-refractivity contribution in [2.24, 2.45) is 0 Å². The van der Waals surface area contributed by atoms with E-state index in [4.69, 9.17) is 5.11 Å². The van der Waals surface area contributed by atoms with Crippen LogP contribution in [0.2, 0.25) is 0 Å². The number of hydrogen-bond donors (Lipinski definition) is 5. The Balaban J connectivity index is 2.56. The summed E-state index contributed by atoms with van der Waals surface area (Å²) in [5, 5.41) is 25.3. The van der Waals surface area contributed by atoms with Crippen molar-refractivity contribution in [3.8, 4) is 5.75 Å². The Morgan fingerprint density at radius 1 is 1.11 bits per heavy atom. The number of phenols is 1. The van der Waals surface area contributed by atoms with Crippen LogP contribution in [0.3, 0.4) is 0 Å². The molecule has 1 aromatic rings. The lowest BCUT2D eigenvalue weighted by atomic mass is 10.0. The number of carbonyl (C=O) groups excluding carboxylic acids is 4. The fourth-order valence-corrected chi connectivity index (χ4v) is 2.33. The van der Waals surface area contributed by atoms with Gasteiger partial charge in [0, 0.05) is 5.56 Å². The molecule has 0 bridgehead atoms. The number of carboxylic acids is 1. The molecule has 0 aliphatic heterocycles.